The van der Waals surface area contributed by atoms with Gasteiger partial charge in [-0.15, -0.1) is 0 Å². The maximum absolute atomic E-state index is 11.5. The lowest BCUT2D eigenvalue weighted by molar-refractivity contribution is -0.384. The molecule has 19 heavy (non-hydrogen) atoms. The smallest absolute Gasteiger partial charge is 0.345 e. The normalized spacial score (nSPS) is 11.5. The highest BCUT2D eigenvalue weighted by atomic mass is 16.6. The van der Waals surface area contributed by atoms with Gasteiger partial charge in [0.15, 0.2) is 0 Å². The molecular weight excluding hydrogens is 254 g/mol. The highest BCUT2D eigenvalue weighted by molar-refractivity contribution is 6.04. The molecular formula is C12H11NO6. The Morgan fingerprint density at radius 1 is 1.21 bits per heavy atom. The largest absolute Gasteiger partial charge is 0.389 e. The second-order valence-electron chi connectivity index (χ2n) is 3.84. The zero-order chi connectivity index (χ0) is 14.6. The molecule has 0 heterocycles. The van der Waals surface area contributed by atoms with Gasteiger partial charge in [0.2, 0.25) is 0 Å². The lowest BCUT2D eigenvalue weighted by atomic mass is 10.1. The summed E-state index contributed by atoms with van der Waals surface area (Å²) >= 11 is 0. The van der Waals surface area contributed by atoms with E-state index >= 15 is 0 Å². The van der Waals surface area contributed by atoms with E-state index in [4.69, 9.17) is 0 Å². The second kappa shape index (κ2) is 5.85. The third-order valence-corrected chi connectivity index (χ3v) is 2.47. The van der Waals surface area contributed by atoms with Crippen molar-refractivity contribution in [3.8, 4) is 0 Å². The van der Waals surface area contributed by atoms with E-state index in [1.807, 2.05) is 0 Å². The second-order valence-corrected chi connectivity index (χ2v) is 3.84. The summed E-state index contributed by atoms with van der Waals surface area (Å²) in [5.74, 6) is -3.34. The summed E-state index contributed by atoms with van der Waals surface area (Å²) in [6.45, 7) is 2.54. The SMILES string of the molecule is CC(=O)C(C)C(=O)OC(=O)c1ccc([N+](=O)[O-])cc1. The van der Waals surface area contributed by atoms with E-state index < -0.39 is 28.6 Å². The molecule has 0 fully saturated rings. The van der Waals surface area contributed by atoms with Crippen LogP contribution in [0.3, 0.4) is 0 Å². The van der Waals surface area contributed by atoms with Crippen molar-refractivity contribution in [1.82, 2.24) is 0 Å². The molecule has 0 N–H and O–H groups in total. The van der Waals surface area contributed by atoms with Crippen LogP contribution in [0.1, 0.15) is 24.2 Å². The van der Waals surface area contributed by atoms with Crippen LogP contribution >= 0.6 is 0 Å². The maximum Gasteiger partial charge on any atom is 0.345 e. The Bertz CT molecular complexity index is 534. The fraction of sp³-hybridized carbons (Fsp3) is 0.250. The van der Waals surface area contributed by atoms with Gasteiger partial charge in [0.25, 0.3) is 5.69 Å². The van der Waals surface area contributed by atoms with Crippen LogP contribution in [0.2, 0.25) is 0 Å². The van der Waals surface area contributed by atoms with Crippen molar-refractivity contribution in [3.05, 3.63) is 39.9 Å². The quantitative estimate of drug-likeness (QED) is 0.353. The lowest BCUT2D eigenvalue weighted by Gasteiger charge is -2.06. The van der Waals surface area contributed by atoms with Gasteiger partial charge in [0, 0.05) is 12.1 Å². The summed E-state index contributed by atoms with van der Waals surface area (Å²) in [6, 6.07) is 4.59. The van der Waals surface area contributed by atoms with E-state index in [0.717, 1.165) is 12.1 Å². The fourth-order valence-electron chi connectivity index (χ4n) is 1.12. The topological polar surface area (TPSA) is 104 Å². The monoisotopic (exact) mass is 265 g/mol. The first-order valence-corrected chi connectivity index (χ1v) is 5.34. The highest BCUT2D eigenvalue weighted by Gasteiger charge is 2.23. The predicted molar refractivity (Wildman–Crippen MR) is 63.4 cm³/mol. The number of carbonyl (C=O) groups excluding carboxylic acids is 3. The number of hydrogen-bond acceptors (Lipinski definition) is 6. The third-order valence-electron chi connectivity index (χ3n) is 2.47. The van der Waals surface area contributed by atoms with E-state index in [1.54, 1.807) is 0 Å². The third kappa shape index (κ3) is 3.70. The number of carbonyl (C=O) groups is 3. The summed E-state index contributed by atoms with van der Waals surface area (Å²) in [7, 11) is 0. The zero-order valence-electron chi connectivity index (χ0n) is 10.3. The van der Waals surface area contributed by atoms with Crippen molar-refractivity contribution in [2.24, 2.45) is 5.92 Å². The molecule has 0 saturated heterocycles. The fourth-order valence-corrected chi connectivity index (χ4v) is 1.12. The number of ether oxygens (including phenoxy) is 1. The Balaban J connectivity index is 2.76. The maximum atomic E-state index is 11.5. The molecule has 7 nitrogen and oxygen atoms in total. The van der Waals surface area contributed by atoms with Crippen molar-refractivity contribution in [2.75, 3.05) is 0 Å². The van der Waals surface area contributed by atoms with Crippen LogP contribution in [-0.4, -0.2) is 22.6 Å². The molecule has 7 heteroatoms. The van der Waals surface area contributed by atoms with Crippen molar-refractivity contribution < 1.29 is 24.0 Å². The number of esters is 2. The Morgan fingerprint density at radius 2 is 1.74 bits per heavy atom. The number of non-ortho nitro benzene ring substituents is 1. The molecule has 0 bridgehead atoms. The molecule has 1 aromatic carbocycles. The van der Waals surface area contributed by atoms with Gasteiger partial charge in [0.1, 0.15) is 11.7 Å². The summed E-state index contributed by atoms with van der Waals surface area (Å²) in [5.41, 5.74) is -0.185. The van der Waals surface area contributed by atoms with E-state index in [9.17, 15) is 24.5 Å². The van der Waals surface area contributed by atoms with Crippen molar-refractivity contribution >= 4 is 23.4 Å². The number of Topliss-reactive ketones (excluding diaryl/α,β-unsaturated/α-hetero) is 1. The average Bonchev–Trinajstić information content (AvgIpc) is 2.37. The minimum Gasteiger partial charge on any atom is -0.389 e. The minimum atomic E-state index is -1.03. The molecule has 0 spiro atoms. The van der Waals surface area contributed by atoms with Crippen LogP contribution in [0.4, 0.5) is 5.69 Å². The molecule has 1 unspecified atom stereocenters. The highest BCUT2D eigenvalue weighted by Crippen LogP contribution is 2.13. The Morgan fingerprint density at radius 3 is 2.16 bits per heavy atom. The molecule has 100 valence electrons. The lowest BCUT2D eigenvalue weighted by Crippen LogP contribution is -2.24. The summed E-state index contributed by atoms with van der Waals surface area (Å²) in [6.07, 6.45) is 0. The number of nitro benzene ring substituents is 1. The van der Waals surface area contributed by atoms with E-state index in [-0.39, 0.29) is 11.3 Å². The van der Waals surface area contributed by atoms with Gasteiger partial charge in [-0.05, 0) is 26.0 Å². The Hall–Kier alpha value is -2.57. The van der Waals surface area contributed by atoms with Crippen LogP contribution in [-0.2, 0) is 14.3 Å². The number of nitro groups is 1. The number of hydrogen-bond donors (Lipinski definition) is 0. The average molecular weight is 265 g/mol. The van der Waals surface area contributed by atoms with Crippen LogP contribution in [0.25, 0.3) is 0 Å². The van der Waals surface area contributed by atoms with Gasteiger partial charge in [-0.2, -0.15) is 0 Å². The molecule has 0 aliphatic carbocycles. The first-order chi connectivity index (χ1) is 8.82. The van der Waals surface area contributed by atoms with Gasteiger partial charge in [-0.25, -0.2) is 4.79 Å². The molecule has 0 aliphatic heterocycles. The first-order valence-electron chi connectivity index (χ1n) is 5.34. The first kappa shape index (κ1) is 14.5. The molecule has 1 atom stereocenters. The Labute approximate surface area is 108 Å². The molecule has 0 aliphatic rings. The van der Waals surface area contributed by atoms with Crippen molar-refractivity contribution in [2.45, 2.75) is 13.8 Å². The number of benzene rings is 1. The molecule has 0 aromatic heterocycles. The number of nitrogens with zero attached hydrogens (tertiary/aromatic N) is 1. The molecule has 1 rings (SSSR count). The number of ketones is 1. The molecule has 1 aromatic rings. The van der Waals surface area contributed by atoms with Crippen LogP contribution in [0.5, 0.6) is 0 Å². The van der Waals surface area contributed by atoms with Crippen LogP contribution < -0.4 is 0 Å². The van der Waals surface area contributed by atoms with E-state index in [2.05, 4.69) is 4.74 Å². The zero-order valence-corrected chi connectivity index (χ0v) is 10.3. The van der Waals surface area contributed by atoms with Gasteiger partial charge < -0.3 is 4.74 Å². The van der Waals surface area contributed by atoms with Crippen LogP contribution in [0, 0.1) is 16.0 Å². The summed E-state index contributed by atoms with van der Waals surface area (Å²) < 4.78 is 4.49. The standard InChI is InChI=1S/C12H11NO6/c1-7(8(2)14)11(15)19-12(16)9-3-5-10(6-4-9)13(17)18/h3-7H,1-2H3. The number of rotatable bonds is 4. The predicted octanol–water partition coefficient (Wildman–Crippen LogP) is 1.50. The van der Waals surface area contributed by atoms with Gasteiger partial charge in [0.05, 0.1) is 10.5 Å². The molecule has 0 saturated carbocycles. The van der Waals surface area contributed by atoms with Gasteiger partial charge >= 0.3 is 11.9 Å². The summed E-state index contributed by atoms with van der Waals surface area (Å²) in [4.78, 5) is 43.7. The van der Waals surface area contributed by atoms with E-state index in [0.29, 0.717) is 0 Å². The molecule has 0 radical (unpaired) electrons. The van der Waals surface area contributed by atoms with Crippen molar-refractivity contribution in [3.63, 3.8) is 0 Å². The van der Waals surface area contributed by atoms with Crippen LogP contribution in [0.15, 0.2) is 24.3 Å². The van der Waals surface area contributed by atoms with Crippen molar-refractivity contribution in [1.29, 1.82) is 0 Å². The molecule has 0 amide bonds. The summed E-state index contributed by atoms with van der Waals surface area (Å²) in [5, 5.41) is 10.4. The van der Waals surface area contributed by atoms with Gasteiger partial charge in [-0.1, -0.05) is 0 Å². The minimum absolute atomic E-state index is 0.00491. The van der Waals surface area contributed by atoms with E-state index in [1.165, 1.54) is 26.0 Å². The Kier molecular flexibility index (Phi) is 4.46. The van der Waals surface area contributed by atoms with Gasteiger partial charge in [-0.3, -0.25) is 19.7 Å².